The molecule has 7 nitrogen and oxygen atoms in total. The van der Waals surface area contributed by atoms with Gasteiger partial charge in [-0.1, -0.05) is 12.1 Å². The number of ether oxygens (including phenoxy) is 3. The van der Waals surface area contributed by atoms with Crippen LogP contribution in [-0.4, -0.2) is 25.1 Å². The number of esters is 1. The highest BCUT2D eigenvalue weighted by molar-refractivity contribution is 6.05. The van der Waals surface area contributed by atoms with Gasteiger partial charge >= 0.3 is 5.97 Å². The Bertz CT molecular complexity index is 945. The molecule has 0 fully saturated rings. The summed E-state index contributed by atoms with van der Waals surface area (Å²) in [5.74, 6) is 0.809. The summed E-state index contributed by atoms with van der Waals surface area (Å²) in [4.78, 5) is 22.8. The van der Waals surface area contributed by atoms with Gasteiger partial charge in [0.2, 0.25) is 0 Å². The van der Waals surface area contributed by atoms with Gasteiger partial charge in [0, 0.05) is 11.6 Å². The first-order valence-electron chi connectivity index (χ1n) is 7.65. The van der Waals surface area contributed by atoms with Gasteiger partial charge in [0.15, 0.2) is 11.5 Å². The maximum absolute atomic E-state index is 12.2. The van der Waals surface area contributed by atoms with Crippen LogP contribution in [0.5, 0.6) is 11.5 Å². The molecule has 0 saturated carbocycles. The number of nitrogens with zero attached hydrogens (tertiary/aromatic N) is 1. The van der Waals surface area contributed by atoms with Crippen LogP contribution in [0.1, 0.15) is 11.1 Å². The van der Waals surface area contributed by atoms with Gasteiger partial charge in [0.05, 0.1) is 30.3 Å². The number of cyclic esters (lactones) is 1. The van der Waals surface area contributed by atoms with Crippen molar-refractivity contribution in [2.45, 2.75) is 0 Å². The normalized spacial score (nSPS) is 14.8. The van der Waals surface area contributed by atoms with E-state index in [0.29, 0.717) is 28.4 Å². The average molecular weight is 353 g/mol. The molecule has 1 aliphatic heterocycles. The SMILES string of the molecule is COc1ccc(C2=C/C(=C/c3ccccc3[N+](=O)[O-])C(=O)O2)cc1OC. The molecule has 0 aromatic heterocycles. The number of rotatable bonds is 5. The molecule has 132 valence electrons. The highest BCUT2D eigenvalue weighted by atomic mass is 16.6. The Morgan fingerprint density at radius 2 is 1.81 bits per heavy atom. The van der Waals surface area contributed by atoms with E-state index in [1.165, 1.54) is 26.4 Å². The van der Waals surface area contributed by atoms with Crippen molar-refractivity contribution in [3.05, 3.63) is 75.4 Å². The first kappa shape index (κ1) is 17.2. The van der Waals surface area contributed by atoms with Crippen molar-refractivity contribution >= 4 is 23.5 Å². The van der Waals surface area contributed by atoms with Crippen LogP contribution in [0.3, 0.4) is 0 Å². The Morgan fingerprint density at radius 3 is 2.50 bits per heavy atom. The van der Waals surface area contributed by atoms with E-state index in [1.54, 1.807) is 42.5 Å². The minimum absolute atomic E-state index is 0.0826. The first-order valence-corrected chi connectivity index (χ1v) is 7.65. The predicted octanol–water partition coefficient (Wildman–Crippen LogP) is 3.59. The fraction of sp³-hybridized carbons (Fsp3) is 0.105. The number of carbonyl (C=O) groups excluding carboxylic acids is 1. The lowest BCUT2D eigenvalue weighted by molar-refractivity contribution is -0.385. The Morgan fingerprint density at radius 1 is 1.08 bits per heavy atom. The van der Waals surface area contributed by atoms with Crippen molar-refractivity contribution in [1.29, 1.82) is 0 Å². The summed E-state index contributed by atoms with van der Waals surface area (Å²) in [6.45, 7) is 0. The topological polar surface area (TPSA) is 87.9 Å². The lowest BCUT2D eigenvalue weighted by atomic mass is 10.1. The van der Waals surface area contributed by atoms with Crippen LogP contribution in [0.15, 0.2) is 54.1 Å². The second kappa shape index (κ2) is 7.10. The molecule has 0 unspecified atom stereocenters. The molecule has 26 heavy (non-hydrogen) atoms. The summed E-state index contributed by atoms with van der Waals surface area (Å²) in [5.41, 5.74) is 1.10. The fourth-order valence-corrected chi connectivity index (χ4v) is 2.56. The quantitative estimate of drug-likeness (QED) is 0.353. The molecule has 0 atom stereocenters. The molecule has 7 heteroatoms. The van der Waals surface area contributed by atoms with E-state index >= 15 is 0 Å². The van der Waals surface area contributed by atoms with Gasteiger partial charge < -0.3 is 14.2 Å². The van der Waals surface area contributed by atoms with Gasteiger partial charge in [-0.05, 0) is 36.4 Å². The number of nitro benzene ring substituents is 1. The highest BCUT2D eigenvalue weighted by Gasteiger charge is 2.24. The van der Waals surface area contributed by atoms with Crippen LogP contribution < -0.4 is 9.47 Å². The molecule has 0 spiro atoms. The van der Waals surface area contributed by atoms with Crippen LogP contribution in [0.2, 0.25) is 0 Å². The number of para-hydroxylation sites is 1. The van der Waals surface area contributed by atoms with E-state index < -0.39 is 10.9 Å². The Labute approximate surface area is 149 Å². The molecular formula is C19H15NO6. The van der Waals surface area contributed by atoms with Crippen LogP contribution in [0.4, 0.5) is 5.69 Å². The summed E-state index contributed by atoms with van der Waals surface area (Å²) in [6.07, 6.45) is 2.98. The Kier molecular flexibility index (Phi) is 4.70. The molecule has 1 heterocycles. The molecular weight excluding hydrogens is 338 g/mol. The number of hydrogen-bond donors (Lipinski definition) is 0. The van der Waals surface area contributed by atoms with E-state index in [2.05, 4.69) is 0 Å². The van der Waals surface area contributed by atoms with Gasteiger partial charge in [-0.2, -0.15) is 0 Å². The van der Waals surface area contributed by atoms with Gasteiger partial charge in [-0.3, -0.25) is 10.1 Å². The van der Waals surface area contributed by atoms with Crippen molar-refractivity contribution in [3.63, 3.8) is 0 Å². The number of hydrogen-bond acceptors (Lipinski definition) is 6. The summed E-state index contributed by atoms with van der Waals surface area (Å²) >= 11 is 0. The van der Waals surface area contributed by atoms with E-state index in [4.69, 9.17) is 14.2 Å². The molecule has 0 aliphatic carbocycles. The summed E-state index contributed by atoms with van der Waals surface area (Å²) in [6, 6.07) is 11.3. The minimum Gasteiger partial charge on any atom is -0.493 e. The summed E-state index contributed by atoms with van der Waals surface area (Å²) in [5, 5.41) is 11.1. The number of benzene rings is 2. The zero-order valence-electron chi connectivity index (χ0n) is 14.1. The van der Waals surface area contributed by atoms with Gasteiger partial charge in [-0.25, -0.2) is 4.79 Å². The summed E-state index contributed by atoms with van der Waals surface area (Å²) < 4.78 is 15.7. The fourth-order valence-electron chi connectivity index (χ4n) is 2.56. The zero-order valence-corrected chi connectivity index (χ0v) is 14.1. The third-order valence-corrected chi connectivity index (χ3v) is 3.84. The molecule has 2 aromatic rings. The molecule has 0 N–H and O–H groups in total. The van der Waals surface area contributed by atoms with Gasteiger partial charge in [0.25, 0.3) is 5.69 Å². The van der Waals surface area contributed by atoms with Crippen LogP contribution in [0, 0.1) is 10.1 Å². The molecule has 1 aliphatic rings. The van der Waals surface area contributed by atoms with Gasteiger partial charge in [-0.15, -0.1) is 0 Å². The van der Waals surface area contributed by atoms with Crippen molar-refractivity contribution in [2.24, 2.45) is 0 Å². The lowest BCUT2D eigenvalue weighted by Crippen LogP contribution is -1.98. The maximum atomic E-state index is 12.2. The molecule has 2 aromatic carbocycles. The third kappa shape index (κ3) is 3.27. The lowest BCUT2D eigenvalue weighted by Gasteiger charge is -2.09. The van der Waals surface area contributed by atoms with E-state index in [0.717, 1.165) is 0 Å². The molecule has 3 rings (SSSR count). The largest absolute Gasteiger partial charge is 0.493 e. The van der Waals surface area contributed by atoms with E-state index in [1.807, 2.05) is 0 Å². The highest BCUT2D eigenvalue weighted by Crippen LogP contribution is 2.34. The minimum atomic E-state index is -0.576. The zero-order chi connectivity index (χ0) is 18.7. The van der Waals surface area contributed by atoms with Gasteiger partial charge in [0.1, 0.15) is 5.76 Å². The average Bonchev–Trinajstić information content (AvgIpc) is 3.02. The van der Waals surface area contributed by atoms with Crippen LogP contribution >= 0.6 is 0 Å². The van der Waals surface area contributed by atoms with Crippen molar-refractivity contribution < 1.29 is 23.9 Å². The molecule has 0 bridgehead atoms. The first-order chi connectivity index (χ1) is 12.5. The predicted molar refractivity (Wildman–Crippen MR) is 94.7 cm³/mol. The van der Waals surface area contributed by atoms with E-state index in [-0.39, 0.29) is 11.3 Å². The number of nitro groups is 1. The number of carbonyl (C=O) groups is 1. The van der Waals surface area contributed by atoms with Crippen LogP contribution in [0.25, 0.3) is 11.8 Å². The Balaban J connectivity index is 1.99. The second-order valence-electron chi connectivity index (χ2n) is 5.38. The smallest absolute Gasteiger partial charge is 0.343 e. The maximum Gasteiger partial charge on any atom is 0.343 e. The summed E-state index contributed by atoms with van der Waals surface area (Å²) in [7, 11) is 3.04. The molecule has 0 amide bonds. The monoisotopic (exact) mass is 353 g/mol. The van der Waals surface area contributed by atoms with Crippen molar-refractivity contribution in [1.82, 2.24) is 0 Å². The molecule has 0 radical (unpaired) electrons. The van der Waals surface area contributed by atoms with Crippen LogP contribution in [-0.2, 0) is 9.53 Å². The van der Waals surface area contributed by atoms with Crippen molar-refractivity contribution in [2.75, 3.05) is 14.2 Å². The second-order valence-corrected chi connectivity index (χ2v) is 5.38. The van der Waals surface area contributed by atoms with E-state index in [9.17, 15) is 14.9 Å². The molecule has 0 saturated heterocycles. The number of methoxy groups -OCH3 is 2. The van der Waals surface area contributed by atoms with Crippen molar-refractivity contribution in [3.8, 4) is 11.5 Å². The Hall–Kier alpha value is -3.61. The standard InChI is InChI=1S/C19H15NO6/c1-24-16-8-7-13(10-18(16)25-2)17-11-14(19(21)26-17)9-12-5-3-4-6-15(12)20(22)23/h3-11H,1-2H3/b14-9-. The third-order valence-electron chi connectivity index (χ3n) is 3.84.